The standard InChI is InChI=1S/C16H17N5O2/c1-16(2,3)21-10-18-13(20-21)14(22)19-12-7-5-4-6-11(12)15-17-8-9-23-15/h4-10H,1-3H3,(H,19,22). The zero-order valence-corrected chi connectivity index (χ0v) is 13.1. The number of nitrogens with one attached hydrogen (secondary N) is 1. The number of anilines is 1. The van der Waals surface area contributed by atoms with Crippen molar-refractivity contribution in [2.24, 2.45) is 0 Å². The molecular formula is C16H17N5O2. The van der Waals surface area contributed by atoms with Crippen molar-refractivity contribution < 1.29 is 9.21 Å². The van der Waals surface area contributed by atoms with Crippen molar-refractivity contribution in [2.45, 2.75) is 26.3 Å². The lowest BCUT2D eigenvalue weighted by Crippen LogP contribution is -2.23. The molecule has 0 aliphatic carbocycles. The fourth-order valence-electron chi connectivity index (χ4n) is 2.00. The number of hydrogen-bond donors (Lipinski definition) is 1. The van der Waals surface area contributed by atoms with E-state index >= 15 is 0 Å². The number of carbonyl (C=O) groups excluding carboxylic acids is 1. The van der Waals surface area contributed by atoms with Gasteiger partial charge in [-0.15, -0.1) is 5.10 Å². The van der Waals surface area contributed by atoms with Crippen LogP contribution in [0.4, 0.5) is 5.69 Å². The highest BCUT2D eigenvalue weighted by molar-refractivity contribution is 6.03. The zero-order chi connectivity index (χ0) is 16.4. The Kier molecular flexibility index (Phi) is 3.69. The number of para-hydroxylation sites is 1. The van der Waals surface area contributed by atoms with Gasteiger partial charge in [0.15, 0.2) is 0 Å². The van der Waals surface area contributed by atoms with Gasteiger partial charge < -0.3 is 9.73 Å². The molecule has 0 aliphatic rings. The number of amides is 1. The molecule has 118 valence electrons. The van der Waals surface area contributed by atoms with E-state index in [2.05, 4.69) is 20.4 Å². The predicted octanol–water partition coefficient (Wildman–Crippen LogP) is 2.94. The van der Waals surface area contributed by atoms with Crippen molar-refractivity contribution >= 4 is 11.6 Å². The van der Waals surface area contributed by atoms with Crippen molar-refractivity contribution in [3.05, 3.63) is 48.9 Å². The van der Waals surface area contributed by atoms with Gasteiger partial charge in [0.25, 0.3) is 5.91 Å². The molecule has 2 aromatic heterocycles. The Morgan fingerprint density at radius 2 is 2.00 bits per heavy atom. The third kappa shape index (κ3) is 3.13. The summed E-state index contributed by atoms with van der Waals surface area (Å²) in [4.78, 5) is 20.6. The Morgan fingerprint density at radius 1 is 1.22 bits per heavy atom. The minimum Gasteiger partial charge on any atom is -0.444 e. The maximum absolute atomic E-state index is 12.4. The fourth-order valence-corrected chi connectivity index (χ4v) is 2.00. The molecule has 0 unspecified atom stereocenters. The summed E-state index contributed by atoms with van der Waals surface area (Å²) in [6.07, 6.45) is 4.59. The molecule has 7 heteroatoms. The SMILES string of the molecule is CC(C)(C)n1cnc(C(=O)Nc2ccccc2-c2ncco2)n1. The van der Waals surface area contributed by atoms with Crippen molar-refractivity contribution in [3.63, 3.8) is 0 Å². The fraction of sp³-hybridized carbons (Fsp3) is 0.250. The molecule has 7 nitrogen and oxygen atoms in total. The van der Waals surface area contributed by atoms with Crippen molar-refractivity contribution in [1.29, 1.82) is 0 Å². The van der Waals surface area contributed by atoms with E-state index in [-0.39, 0.29) is 17.3 Å². The van der Waals surface area contributed by atoms with Crippen LogP contribution in [-0.4, -0.2) is 25.7 Å². The van der Waals surface area contributed by atoms with Crippen LogP contribution in [0.1, 0.15) is 31.4 Å². The minimum absolute atomic E-state index is 0.113. The molecule has 0 fully saturated rings. The van der Waals surface area contributed by atoms with E-state index in [0.717, 1.165) is 0 Å². The summed E-state index contributed by atoms with van der Waals surface area (Å²) < 4.78 is 6.95. The average Bonchev–Trinajstić information content (AvgIpc) is 3.19. The first kappa shape index (κ1) is 15.0. The second-order valence-electron chi connectivity index (χ2n) is 6.02. The molecule has 0 saturated heterocycles. The summed E-state index contributed by atoms with van der Waals surface area (Å²) in [6.45, 7) is 5.96. The first-order valence-electron chi connectivity index (χ1n) is 7.17. The Morgan fingerprint density at radius 3 is 2.65 bits per heavy atom. The third-order valence-corrected chi connectivity index (χ3v) is 3.22. The minimum atomic E-state index is -0.382. The second kappa shape index (κ2) is 5.68. The molecule has 23 heavy (non-hydrogen) atoms. The van der Waals surface area contributed by atoms with Gasteiger partial charge in [-0.25, -0.2) is 14.6 Å². The van der Waals surface area contributed by atoms with E-state index < -0.39 is 0 Å². The van der Waals surface area contributed by atoms with E-state index in [4.69, 9.17) is 4.42 Å². The van der Waals surface area contributed by atoms with Crippen molar-refractivity contribution in [2.75, 3.05) is 5.32 Å². The topological polar surface area (TPSA) is 85.8 Å². The van der Waals surface area contributed by atoms with E-state index in [0.29, 0.717) is 17.1 Å². The van der Waals surface area contributed by atoms with Crippen molar-refractivity contribution in [3.8, 4) is 11.5 Å². The number of oxazole rings is 1. The number of aromatic nitrogens is 4. The molecule has 3 aromatic rings. The van der Waals surface area contributed by atoms with Gasteiger partial charge in [0.2, 0.25) is 11.7 Å². The molecule has 0 radical (unpaired) electrons. The maximum Gasteiger partial charge on any atom is 0.295 e. The lowest BCUT2D eigenvalue weighted by atomic mass is 10.1. The van der Waals surface area contributed by atoms with Gasteiger partial charge in [-0.1, -0.05) is 12.1 Å². The average molecular weight is 311 g/mol. The van der Waals surface area contributed by atoms with Crippen LogP contribution in [0.15, 0.2) is 47.5 Å². The summed E-state index contributed by atoms with van der Waals surface area (Å²) in [5, 5.41) is 7.03. The monoisotopic (exact) mass is 311 g/mol. The molecule has 0 aliphatic heterocycles. The molecule has 0 saturated carbocycles. The molecule has 1 N–H and O–H groups in total. The lowest BCUT2D eigenvalue weighted by molar-refractivity contribution is 0.101. The van der Waals surface area contributed by atoms with E-state index in [9.17, 15) is 4.79 Å². The molecule has 0 bridgehead atoms. The van der Waals surface area contributed by atoms with E-state index in [1.807, 2.05) is 39.0 Å². The van der Waals surface area contributed by atoms with Crippen LogP contribution < -0.4 is 5.32 Å². The molecule has 0 atom stereocenters. The summed E-state index contributed by atoms with van der Waals surface area (Å²) in [7, 11) is 0. The summed E-state index contributed by atoms with van der Waals surface area (Å²) in [5.41, 5.74) is 1.05. The summed E-state index contributed by atoms with van der Waals surface area (Å²) in [6, 6.07) is 7.27. The third-order valence-electron chi connectivity index (χ3n) is 3.22. The Balaban J connectivity index is 1.85. The van der Waals surface area contributed by atoms with Crippen LogP contribution in [0, 0.1) is 0 Å². The molecular weight excluding hydrogens is 294 g/mol. The number of carbonyl (C=O) groups is 1. The van der Waals surface area contributed by atoms with Crippen molar-refractivity contribution in [1.82, 2.24) is 19.7 Å². The number of benzene rings is 1. The Hall–Kier alpha value is -2.96. The van der Waals surface area contributed by atoms with Gasteiger partial charge in [0.05, 0.1) is 23.0 Å². The summed E-state index contributed by atoms with van der Waals surface area (Å²) >= 11 is 0. The van der Waals surface area contributed by atoms with Crippen LogP contribution in [-0.2, 0) is 5.54 Å². The molecule has 2 heterocycles. The number of rotatable bonds is 3. The molecule has 1 amide bonds. The number of hydrogen-bond acceptors (Lipinski definition) is 5. The van der Waals surface area contributed by atoms with Crippen LogP contribution >= 0.6 is 0 Å². The Labute approximate surface area is 133 Å². The molecule has 3 rings (SSSR count). The van der Waals surface area contributed by atoms with Gasteiger partial charge >= 0.3 is 0 Å². The quantitative estimate of drug-likeness (QED) is 0.803. The highest BCUT2D eigenvalue weighted by atomic mass is 16.3. The van der Waals surface area contributed by atoms with Gasteiger partial charge in [-0.3, -0.25) is 4.79 Å². The highest BCUT2D eigenvalue weighted by Gasteiger charge is 2.19. The predicted molar refractivity (Wildman–Crippen MR) is 84.9 cm³/mol. The first-order chi connectivity index (χ1) is 10.9. The van der Waals surface area contributed by atoms with Gasteiger partial charge in [-0.2, -0.15) is 0 Å². The van der Waals surface area contributed by atoms with E-state index in [1.54, 1.807) is 23.3 Å². The first-order valence-corrected chi connectivity index (χ1v) is 7.17. The van der Waals surface area contributed by atoms with Crippen LogP contribution in [0.3, 0.4) is 0 Å². The Bertz CT molecular complexity index is 815. The lowest BCUT2D eigenvalue weighted by Gasteiger charge is -2.17. The smallest absolute Gasteiger partial charge is 0.295 e. The zero-order valence-electron chi connectivity index (χ0n) is 13.1. The second-order valence-corrected chi connectivity index (χ2v) is 6.02. The van der Waals surface area contributed by atoms with Crippen LogP contribution in [0.25, 0.3) is 11.5 Å². The molecule has 0 spiro atoms. The summed E-state index contributed by atoms with van der Waals surface area (Å²) in [5.74, 6) is 0.170. The van der Waals surface area contributed by atoms with Crippen LogP contribution in [0.5, 0.6) is 0 Å². The number of nitrogens with zero attached hydrogens (tertiary/aromatic N) is 4. The largest absolute Gasteiger partial charge is 0.444 e. The van der Waals surface area contributed by atoms with Gasteiger partial charge in [0, 0.05) is 0 Å². The van der Waals surface area contributed by atoms with E-state index in [1.165, 1.54) is 6.26 Å². The van der Waals surface area contributed by atoms with Gasteiger partial charge in [0.1, 0.15) is 12.6 Å². The van der Waals surface area contributed by atoms with Gasteiger partial charge in [-0.05, 0) is 32.9 Å². The highest BCUT2D eigenvalue weighted by Crippen LogP contribution is 2.26. The van der Waals surface area contributed by atoms with Crippen LogP contribution in [0.2, 0.25) is 0 Å². The maximum atomic E-state index is 12.4. The molecule has 1 aromatic carbocycles. The normalized spacial score (nSPS) is 11.4.